The van der Waals surface area contributed by atoms with E-state index in [1.165, 1.54) is 19.3 Å². The first-order chi connectivity index (χ1) is 4.99. The first-order valence-electron chi connectivity index (χ1n) is 4.76. The third-order valence-corrected chi connectivity index (χ3v) is 2.54. The van der Waals surface area contributed by atoms with Crippen LogP contribution in [0, 0.1) is 0 Å². The van der Waals surface area contributed by atoms with E-state index in [2.05, 4.69) is 34.9 Å². The van der Waals surface area contributed by atoms with Crippen LogP contribution in [-0.2, 0) is 0 Å². The molecule has 0 saturated heterocycles. The Morgan fingerprint density at radius 3 is 2.45 bits per heavy atom. The lowest BCUT2D eigenvalue weighted by molar-refractivity contribution is 0.469. The van der Waals surface area contributed by atoms with Crippen molar-refractivity contribution in [2.45, 2.75) is 50.4 Å². The zero-order valence-electron chi connectivity index (χ0n) is 8.28. The van der Waals surface area contributed by atoms with Gasteiger partial charge in [-0.1, -0.05) is 25.5 Å². The third-order valence-electron chi connectivity index (χ3n) is 2.54. The molecule has 1 N–H and O–H groups in total. The van der Waals surface area contributed by atoms with Gasteiger partial charge in [-0.05, 0) is 12.8 Å². The Morgan fingerprint density at radius 2 is 2.09 bits per heavy atom. The largest absolute Gasteiger partial charge is 0.312 e. The van der Waals surface area contributed by atoms with Crippen LogP contribution in [0.25, 0.3) is 0 Å². The molecule has 0 amide bonds. The third kappa shape index (κ3) is 2.90. The number of nitrogens with one attached hydrogen (secondary N) is 1. The summed E-state index contributed by atoms with van der Waals surface area (Å²) in [7, 11) is 4.74. The topological polar surface area (TPSA) is 12.0 Å². The zero-order chi connectivity index (χ0) is 8.48. The van der Waals surface area contributed by atoms with Crippen molar-refractivity contribution in [3.63, 3.8) is 0 Å². The van der Waals surface area contributed by atoms with Crippen molar-refractivity contribution in [3.05, 3.63) is 0 Å². The predicted octanol–water partition coefficient (Wildman–Crippen LogP) is -0.0807. The standard InChI is InChI=1S/C8H19B2N/c1-6(2)11-7-3-4-8(9,10)5-7/h6-7,11H,3-5,9-10H2,1-2H3. The number of hydrogen-bond donors (Lipinski definition) is 1. The molecular weight excluding hydrogens is 132 g/mol. The van der Waals surface area contributed by atoms with Gasteiger partial charge < -0.3 is 5.32 Å². The Morgan fingerprint density at radius 1 is 1.45 bits per heavy atom. The summed E-state index contributed by atoms with van der Waals surface area (Å²) in [6.45, 7) is 4.46. The van der Waals surface area contributed by atoms with Crippen LogP contribution in [-0.4, -0.2) is 27.8 Å². The van der Waals surface area contributed by atoms with Crippen molar-refractivity contribution >= 4 is 15.7 Å². The Kier molecular flexibility index (Phi) is 2.69. The maximum Gasteiger partial charge on any atom is 0.0992 e. The molecular formula is C8H19B2N. The molecule has 1 aliphatic rings. The maximum absolute atomic E-state index is 3.60. The second kappa shape index (κ2) is 3.22. The van der Waals surface area contributed by atoms with Crippen LogP contribution in [0.3, 0.4) is 0 Å². The number of rotatable bonds is 2. The van der Waals surface area contributed by atoms with E-state index in [0.717, 1.165) is 6.04 Å². The van der Waals surface area contributed by atoms with Gasteiger partial charge in [0, 0.05) is 12.1 Å². The molecule has 1 fully saturated rings. The summed E-state index contributed by atoms with van der Waals surface area (Å²) >= 11 is 0. The molecule has 1 nitrogen and oxygen atoms in total. The van der Waals surface area contributed by atoms with Crippen LogP contribution in [0.1, 0.15) is 33.1 Å². The smallest absolute Gasteiger partial charge is 0.0992 e. The van der Waals surface area contributed by atoms with Gasteiger partial charge in [-0.25, -0.2) is 0 Å². The van der Waals surface area contributed by atoms with E-state index in [-0.39, 0.29) is 0 Å². The van der Waals surface area contributed by atoms with Crippen LogP contribution < -0.4 is 5.32 Å². The summed E-state index contributed by atoms with van der Waals surface area (Å²) in [5.74, 6) is 0. The van der Waals surface area contributed by atoms with Crippen LogP contribution in [0.4, 0.5) is 0 Å². The predicted molar refractivity (Wildman–Crippen MR) is 55.7 cm³/mol. The van der Waals surface area contributed by atoms with Gasteiger partial charge in [0.15, 0.2) is 0 Å². The Hall–Kier alpha value is 0.0899. The highest BCUT2D eigenvalue weighted by Gasteiger charge is 2.30. The highest BCUT2D eigenvalue weighted by atomic mass is 14.9. The summed E-state index contributed by atoms with van der Waals surface area (Å²) < 4.78 is 0. The molecule has 1 atom stereocenters. The summed E-state index contributed by atoms with van der Waals surface area (Å²) in [4.78, 5) is 0. The minimum atomic E-state index is 0.590. The van der Waals surface area contributed by atoms with Gasteiger partial charge in [-0.2, -0.15) is 0 Å². The monoisotopic (exact) mass is 151 g/mol. The zero-order valence-corrected chi connectivity index (χ0v) is 8.28. The molecule has 0 aromatic heterocycles. The lowest BCUT2D eigenvalue weighted by atomic mass is 9.53. The first-order valence-corrected chi connectivity index (χ1v) is 4.76. The van der Waals surface area contributed by atoms with Gasteiger partial charge in [0.05, 0.1) is 15.7 Å². The Bertz CT molecular complexity index is 134. The van der Waals surface area contributed by atoms with Gasteiger partial charge in [-0.15, -0.1) is 0 Å². The molecule has 1 saturated carbocycles. The average molecular weight is 151 g/mol. The molecule has 0 spiro atoms. The molecule has 0 aromatic rings. The van der Waals surface area contributed by atoms with Crippen LogP contribution in [0.15, 0.2) is 0 Å². The van der Waals surface area contributed by atoms with Gasteiger partial charge >= 0.3 is 0 Å². The van der Waals surface area contributed by atoms with Crippen molar-refractivity contribution in [1.82, 2.24) is 5.32 Å². The van der Waals surface area contributed by atoms with Crippen LogP contribution in [0.2, 0.25) is 5.21 Å². The summed E-state index contributed by atoms with van der Waals surface area (Å²) in [5.41, 5.74) is 0. The lowest BCUT2D eigenvalue weighted by Crippen LogP contribution is -2.33. The van der Waals surface area contributed by atoms with Gasteiger partial charge in [-0.3, -0.25) is 0 Å². The van der Waals surface area contributed by atoms with Crippen molar-refractivity contribution in [2.75, 3.05) is 0 Å². The van der Waals surface area contributed by atoms with E-state index in [9.17, 15) is 0 Å². The second-order valence-corrected chi connectivity index (χ2v) is 4.93. The quantitative estimate of drug-likeness (QED) is 0.544. The van der Waals surface area contributed by atoms with Gasteiger partial charge in [0.2, 0.25) is 0 Å². The van der Waals surface area contributed by atoms with Gasteiger partial charge in [0.1, 0.15) is 0 Å². The minimum Gasteiger partial charge on any atom is -0.312 e. The molecule has 0 bridgehead atoms. The normalized spacial score (nSPS) is 29.5. The van der Waals surface area contributed by atoms with E-state index >= 15 is 0 Å². The summed E-state index contributed by atoms with van der Waals surface area (Å²) in [5, 5.41) is 4.19. The fraction of sp³-hybridized carbons (Fsp3) is 1.00. The fourth-order valence-electron chi connectivity index (χ4n) is 2.05. The van der Waals surface area contributed by atoms with Crippen molar-refractivity contribution in [2.24, 2.45) is 0 Å². The number of hydrogen-bond acceptors (Lipinski definition) is 1. The second-order valence-electron chi connectivity index (χ2n) is 4.93. The highest BCUT2D eigenvalue weighted by Crippen LogP contribution is 2.38. The van der Waals surface area contributed by atoms with Crippen molar-refractivity contribution < 1.29 is 0 Å². The lowest BCUT2D eigenvalue weighted by Gasteiger charge is -2.19. The van der Waals surface area contributed by atoms with E-state index in [0.29, 0.717) is 11.3 Å². The van der Waals surface area contributed by atoms with Crippen molar-refractivity contribution in [3.8, 4) is 0 Å². The minimum absolute atomic E-state index is 0.590. The molecule has 0 aliphatic heterocycles. The van der Waals surface area contributed by atoms with Gasteiger partial charge in [0.25, 0.3) is 0 Å². The average Bonchev–Trinajstić information content (AvgIpc) is 2.08. The molecule has 1 unspecified atom stereocenters. The van der Waals surface area contributed by atoms with E-state index in [1.54, 1.807) is 0 Å². The highest BCUT2D eigenvalue weighted by molar-refractivity contribution is 6.39. The molecule has 11 heavy (non-hydrogen) atoms. The fourth-order valence-corrected chi connectivity index (χ4v) is 2.05. The summed E-state index contributed by atoms with van der Waals surface area (Å²) in [6.07, 6.45) is 4.10. The van der Waals surface area contributed by atoms with Crippen LogP contribution in [0.5, 0.6) is 0 Å². The SMILES string of the molecule is BC1(B)CCC(NC(C)C)C1. The maximum atomic E-state index is 3.60. The van der Waals surface area contributed by atoms with E-state index in [1.807, 2.05) is 0 Å². The van der Waals surface area contributed by atoms with E-state index in [4.69, 9.17) is 0 Å². The molecule has 1 rings (SSSR count). The molecule has 0 heterocycles. The molecule has 1 aliphatic carbocycles. The van der Waals surface area contributed by atoms with E-state index < -0.39 is 0 Å². The molecule has 62 valence electrons. The van der Waals surface area contributed by atoms with Crippen LogP contribution >= 0.6 is 0 Å². The molecule has 0 radical (unpaired) electrons. The Balaban J connectivity index is 2.31. The molecule has 3 heteroatoms. The Labute approximate surface area is 72.1 Å². The summed E-state index contributed by atoms with van der Waals surface area (Å²) in [6, 6.07) is 1.43. The van der Waals surface area contributed by atoms with Crippen molar-refractivity contribution in [1.29, 1.82) is 0 Å². The first kappa shape index (κ1) is 9.18. The molecule has 0 aromatic carbocycles.